The van der Waals surface area contributed by atoms with Gasteiger partial charge in [-0.05, 0) is 31.9 Å². The lowest BCUT2D eigenvalue weighted by molar-refractivity contribution is 0.0911. The number of aromatic nitrogens is 1. The fourth-order valence-electron chi connectivity index (χ4n) is 1.37. The van der Waals surface area contributed by atoms with Crippen LogP contribution < -0.4 is 5.32 Å². The Morgan fingerprint density at radius 3 is 2.82 bits per heavy atom. The van der Waals surface area contributed by atoms with Gasteiger partial charge in [0.05, 0.1) is 18.3 Å². The van der Waals surface area contributed by atoms with Crippen LogP contribution in [0.4, 0.5) is 5.82 Å². The molecule has 0 bridgehead atoms. The van der Waals surface area contributed by atoms with Gasteiger partial charge in [0.25, 0.3) is 0 Å². The van der Waals surface area contributed by atoms with E-state index in [1.807, 2.05) is 13.8 Å². The first-order chi connectivity index (χ1) is 8.08. The number of anilines is 1. The second kappa shape index (κ2) is 6.18. The molecule has 1 aromatic heterocycles. The molecule has 0 radical (unpaired) electrons. The molecule has 3 N–H and O–H groups in total. The second-order valence-electron chi connectivity index (χ2n) is 3.95. The van der Waals surface area contributed by atoms with E-state index in [1.54, 1.807) is 6.07 Å². The lowest BCUT2D eigenvalue weighted by atomic mass is 10.1. The van der Waals surface area contributed by atoms with Crippen LogP contribution in [0.3, 0.4) is 0 Å². The molecule has 1 aromatic rings. The monoisotopic (exact) mass is 235 g/mol. The van der Waals surface area contributed by atoms with E-state index < -0.39 is 6.10 Å². The Hall–Kier alpha value is -1.64. The number of pyridine rings is 1. The van der Waals surface area contributed by atoms with Crippen molar-refractivity contribution >= 4 is 5.82 Å². The summed E-state index contributed by atoms with van der Waals surface area (Å²) < 4.78 is 0. The second-order valence-corrected chi connectivity index (χ2v) is 3.95. The van der Waals surface area contributed by atoms with Gasteiger partial charge < -0.3 is 15.5 Å². The highest BCUT2D eigenvalue weighted by Crippen LogP contribution is 2.16. The van der Waals surface area contributed by atoms with E-state index >= 15 is 0 Å². The zero-order valence-electron chi connectivity index (χ0n) is 10.1. The molecule has 0 aromatic carbocycles. The van der Waals surface area contributed by atoms with Gasteiger partial charge in [-0.25, -0.2) is 4.98 Å². The number of nitriles is 1. The molecule has 1 heterocycles. The standard InChI is InChI=1S/C12H17N3O2/c1-8-5-10(6-13)12(15-9(8)2)14-4-3-11(17)7-16/h5,11,16-17H,3-4,7H2,1-2H3,(H,14,15). The molecular weight excluding hydrogens is 218 g/mol. The van der Waals surface area contributed by atoms with E-state index in [9.17, 15) is 5.11 Å². The SMILES string of the molecule is Cc1cc(C#N)c(NCCC(O)CO)nc1C. The van der Waals surface area contributed by atoms with Crippen LogP contribution in [-0.4, -0.2) is 34.5 Å². The van der Waals surface area contributed by atoms with Crippen molar-refractivity contribution < 1.29 is 10.2 Å². The largest absolute Gasteiger partial charge is 0.394 e. The quantitative estimate of drug-likeness (QED) is 0.700. The number of nitrogens with zero attached hydrogens (tertiary/aromatic N) is 2. The fourth-order valence-corrected chi connectivity index (χ4v) is 1.37. The fraction of sp³-hybridized carbons (Fsp3) is 0.500. The molecule has 1 unspecified atom stereocenters. The predicted octanol–water partition coefficient (Wildman–Crippen LogP) is 0.725. The number of aliphatic hydroxyl groups excluding tert-OH is 2. The third-order valence-corrected chi connectivity index (χ3v) is 2.57. The lowest BCUT2D eigenvalue weighted by Gasteiger charge is -2.11. The maximum absolute atomic E-state index is 9.19. The molecule has 0 aliphatic heterocycles. The Kier molecular flexibility index (Phi) is 4.88. The topological polar surface area (TPSA) is 89.2 Å². The van der Waals surface area contributed by atoms with Crippen LogP contribution in [0.5, 0.6) is 0 Å². The third kappa shape index (κ3) is 3.70. The number of hydrogen-bond acceptors (Lipinski definition) is 5. The van der Waals surface area contributed by atoms with Gasteiger partial charge in [-0.2, -0.15) is 5.26 Å². The van der Waals surface area contributed by atoms with Gasteiger partial charge in [0.1, 0.15) is 11.9 Å². The normalized spacial score (nSPS) is 11.9. The van der Waals surface area contributed by atoms with Crippen LogP contribution in [0.1, 0.15) is 23.2 Å². The van der Waals surface area contributed by atoms with E-state index in [0.717, 1.165) is 11.3 Å². The summed E-state index contributed by atoms with van der Waals surface area (Å²) in [6.07, 6.45) is -0.324. The summed E-state index contributed by atoms with van der Waals surface area (Å²) >= 11 is 0. The number of aliphatic hydroxyl groups is 2. The van der Waals surface area contributed by atoms with Crippen molar-refractivity contribution in [2.24, 2.45) is 0 Å². The molecule has 0 fully saturated rings. The van der Waals surface area contributed by atoms with Gasteiger partial charge >= 0.3 is 0 Å². The van der Waals surface area contributed by atoms with E-state index in [1.165, 1.54) is 0 Å². The number of aryl methyl sites for hydroxylation is 2. The summed E-state index contributed by atoms with van der Waals surface area (Å²) in [4.78, 5) is 4.29. The summed E-state index contributed by atoms with van der Waals surface area (Å²) in [5, 5.41) is 29.8. The van der Waals surface area contributed by atoms with Gasteiger partial charge in [0.15, 0.2) is 0 Å². The average molecular weight is 235 g/mol. The molecule has 1 rings (SSSR count). The Morgan fingerprint density at radius 1 is 1.53 bits per heavy atom. The van der Waals surface area contributed by atoms with Gasteiger partial charge in [-0.1, -0.05) is 0 Å². The number of hydrogen-bond donors (Lipinski definition) is 3. The lowest BCUT2D eigenvalue weighted by Crippen LogP contribution is -2.17. The highest BCUT2D eigenvalue weighted by Gasteiger charge is 2.07. The maximum Gasteiger partial charge on any atom is 0.144 e. The third-order valence-electron chi connectivity index (χ3n) is 2.57. The number of nitrogens with one attached hydrogen (secondary N) is 1. The molecular formula is C12H17N3O2. The van der Waals surface area contributed by atoms with Crippen molar-refractivity contribution in [3.05, 3.63) is 22.9 Å². The molecule has 0 saturated heterocycles. The smallest absolute Gasteiger partial charge is 0.144 e. The zero-order valence-corrected chi connectivity index (χ0v) is 10.1. The first-order valence-electron chi connectivity index (χ1n) is 5.49. The molecule has 0 aliphatic rings. The Labute approximate surface area is 101 Å². The van der Waals surface area contributed by atoms with E-state index in [4.69, 9.17) is 10.4 Å². The molecule has 0 amide bonds. The molecule has 5 nitrogen and oxygen atoms in total. The van der Waals surface area contributed by atoms with Crippen LogP contribution in [0.15, 0.2) is 6.07 Å². The van der Waals surface area contributed by atoms with E-state index in [2.05, 4.69) is 16.4 Å². The Bertz CT molecular complexity index is 426. The van der Waals surface area contributed by atoms with Crippen LogP contribution >= 0.6 is 0 Å². The first kappa shape index (κ1) is 13.4. The molecule has 0 spiro atoms. The summed E-state index contributed by atoms with van der Waals surface area (Å²) in [6.45, 7) is 3.99. The molecule has 92 valence electrons. The number of rotatable bonds is 5. The molecule has 0 aliphatic carbocycles. The summed E-state index contributed by atoms with van der Waals surface area (Å²) in [5.74, 6) is 0.528. The minimum absolute atomic E-state index is 0.257. The summed E-state index contributed by atoms with van der Waals surface area (Å²) in [5.41, 5.74) is 2.34. The zero-order chi connectivity index (χ0) is 12.8. The maximum atomic E-state index is 9.19. The first-order valence-corrected chi connectivity index (χ1v) is 5.49. The van der Waals surface area contributed by atoms with Crippen molar-refractivity contribution in [2.75, 3.05) is 18.5 Å². The van der Waals surface area contributed by atoms with Crippen molar-refractivity contribution in [3.8, 4) is 6.07 Å². The van der Waals surface area contributed by atoms with Crippen molar-refractivity contribution in [1.29, 1.82) is 5.26 Å². The molecule has 0 saturated carbocycles. The molecule has 17 heavy (non-hydrogen) atoms. The molecule has 1 atom stereocenters. The van der Waals surface area contributed by atoms with Crippen LogP contribution in [0.2, 0.25) is 0 Å². The van der Waals surface area contributed by atoms with Crippen molar-refractivity contribution in [2.45, 2.75) is 26.4 Å². The van der Waals surface area contributed by atoms with Gasteiger partial charge in [0.2, 0.25) is 0 Å². The van der Waals surface area contributed by atoms with Crippen molar-refractivity contribution in [1.82, 2.24) is 4.98 Å². The Balaban J connectivity index is 2.71. The average Bonchev–Trinajstić information content (AvgIpc) is 2.32. The van der Waals surface area contributed by atoms with Crippen molar-refractivity contribution in [3.63, 3.8) is 0 Å². The van der Waals surface area contributed by atoms with Gasteiger partial charge in [-0.3, -0.25) is 0 Å². The predicted molar refractivity (Wildman–Crippen MR) is 64.6 cm³/mol. The highest BCUT2D eigenvalue weighted by molar-refractivity contribution is 5.53. The summed E-state index contributed by atoms with van der Waals surface area (Å²) in [6, 6.07) is 3.86. The van der Waals surface area contributed by atoms with E-state index in [-0.39, 0.29) is 6.61 Å². The van der Waals surface area contributed by atoms with Crippen LogP contribution in [-0.2, 0) is 0 Å². The highest BCUT2D eigenvalue weighted by atomic mass is 16.3. The minimum atomic E-state index is -0.736. The summed E-state index contributed by atoms with van der Waals surface area (Å²) in [7, 11) is 0. The molecule has 5 heteroatoms. The van der Waals surface area contributed by atoms with Gasteiger partial charge in [0, 0.05) is 12.2 Å². The van der Waals surface area contributed by atoms with Crippen LogP contribution in [0, 0.1) is 25.2 Å². The van der Waals surface area contributed by atoms with Crippen LogP contribution in [0.25, 0.3) is 0 Å². The Morgan fingerprint density at radius 2 is 2.24 bits per heavy atom. The van der Waals surface area contributed by atoms with Gasteiger partial charge in [-0.15, -0.1) is 0 Å². The van der Waals surface area contributed by atoms with E-state index in [0.29, 0.717) is 24.3 Å². The minimum Gasteiger partial charge on any atom is -0.394 e.